The van der Waals surface area contributed by atoms with E-state index in [1.165, 1.54) is 12.0 Å². The van der Waals surface area contributed by atoms with Crippen LogP contribution >= 0.6 is 11.3 Å². The van der Waals surface area contributed by atoms with Crippen molar-refractivity contribution in [1.82, 2.24) is 4.98 Å². The molecule has 0 saturated heterocycles. The second-order valence-electron chi connectivity index (χ2n) is 4.30. The Morgan fingerprint density at radius 3 is 2.81 bits per heavy atom. The van der Waals surface area contributed by atoms with E-state index < -0.39 is 0 Å². The molecule has 16 heavy (non-hydrogen) atoms. The highest BCUT2D eigenvalue weighted by molar-refractivity contribution is 7.13. The summed E-state index contributed by atoms with van der Waals surface area (Å²) in [6.07, 6.45) is 1.22. The average Bonchev–Trinajstić information content (AvgIpc) is 2.95. The number of hydrogen-bond acceptors (Lipinski definition) is 3. The third-order valence-electron chi connectivity index (χ3n) is 2.95. The van der Waals surface area contributed by atoms with Crippen LogP contribution in [0.4, 0.5) is 5.13 Å². The first-order valence-corrected chi connectivity index (χ1v) is 6.44. The summed E-state index contributed by atoms with van der Waals surface area (Å²) in [6, 6.07) is 11.3. The smallest absolute Gasteiger partial charge is 0.183 e. The minimum atomic E-state index is 0.577. The van der Waals surface area contributed by atoms with Crippen molar-refractivity contribution in [3.63, 3.8) is 0 Å². The van der Waals surface area contributed by atoms with E-state index in [0.29, 0.717) is 12.0 Å². The van der Waals surface area contributed by atoms with Crippen LogP contribution in [0, 0.1) is 6.92 Å². The second kappa shape index (κ2) is 3.91. The molecule has 1 aliphatic rings. The minimum Gasteiger partial charge on any atom is -0.358 e. The van der Waals surface area contributed by atoms with Crippen molar-refractivity contribution in [1.29, 1.82) is 0 Å². The van der Waals surface area contributed by atoms with Gasteiger partial charge in [0.05, 0.1) is 5.69 Å². The summed E-state index contributed by atoms with van der Waals surface area (Å²) in [4.78, 5) is 4.43. The molecule has 2 unspecified atom stereocenters. The summed E-state index contributed by atoms with van der Waals surface area (Å²) >= 11 is 1.69. The van der Waals surface area contributed by atoms with E-state index in [9.17, 15) is 0 Å². The van der Waals surface area contributed by atoms with Gasteiger partial charge >= 0.3 is 0 Å². The van der Waals surface area contributed by atoms with Crippen molar-refractivity contribution in [2.75, 3.05) is 5.32 Å². The van der Waals surface area contributed by atoms with Crippen LogP contribution in [0.15, 0.2) is 35.7 Å². The molecule has 1 fully saturated rings. The first-order valence-electron chi connectivity index (χ1n) is 5.56. The lowest BCUT2D eigenvalue weighted by atomic mass is 10.1. The van der Waals surface area contributed by atoms with Gasteiger partial charge in [0.25, 0.3) is 0 Å². The van der Waals surface area contributed by atoms with Crippen LogP contribution in [0.3, 0.4) is 0 Å². The zero-order chi connectivity index (χ0) is 11.0. The van der Waals surface area contributed by atoms with E-state index in [0.717, 1.165) is 10.8 Å². The fraction of sp³-hybridized carbons (Fsp3) is 0.308. The van der Waals surface area contributed by atoms with Crippen LogP contribution < -0.4 is 5.32 Å². The van der Waals surface area contributed by atoms with E-state index in [-0.39, 0.29) is 0 Å². The van der Waals surface area contributed by atoms with Gasteiger partial charge < -0.3 is 5.32 Å². The molecule has 0 bridgehead atoms. The lowest BCUT2D eigenvalue weighted by Gasteiger charge is -2.01. The lowest BCUT2D eigenvalue weighted by molar-refractivity contribution is 1.04. The SMILES string of the molecule is Cc1csc(NC2CC2c2ccccc2)n1. The van der Waals surface area contributed by atoms with Crippen LogP contribution in [0.1, 0.15) is 23.6 Å². The molecule has 1 saturated carbocycles. The Balaban J connectivity index is 1.65. The fourth-order valence-corrected chi connectivity index (χ4v) is 2.75. The Hall–Kier alpha value is -1.35. The largest absolute Gasteiger partial charge is 0.358 e. The Bertz CT molecular complexity index is 478. The van der Waals surface area contributed by atoms with Crippen molar-refractivity contribution in [3.05, 3.63) is 47.0 Å². The van der Waals surface area contributed by atoms with Gasteiger partial charge in [-0.15, -0.1) is 11.3 Å². The molecular formula is C13H14N2S. The van der Waals surface area contributed by atoms with Crippen molar-refractivity contribution in [2.45, 2.75) is 25.3 Å². The topological polar surface area (TPSA) is 24.9 Å². The van der Waals surface area contributed by atoms with Gasteiger partial charge in [-0.3, -0.25) is 0 Å². The molecule has 0 radical (unpaired) electrons. The minimum absolute atomic E-state index is 0.577. The van der Waals surface area contributed by atoms with Crippen molar-refractivity contribution < 1.29 is 0 Å². The van der Waals surface area contributed by atoms with Crippen molar-refractivity contribution in [2.24, 2.45) is 0 Å². The molecule has 0 aliphatic heterocycles. The molecule has 1 aromatic carbocycles. The second-order valence-corrected chi connectivity index (χ2v) is 5.16. The molecule has 0 amide bonds. The highest BCUT2D eigenvalue weighted by Crippen LogP contribution is 2.42. The number of aromatic nitrogens is 1. The lowest BCUT2D eigenvalue weighted by Crippen LogP contribution is -2.03. The number of nitrogens with zero attached hydrogens (tertiary/aromatic N) is 1. The van der Waals surface area contributed by atoms with Crippen LogP contribution in [0.5, 0.6) is 0 Å². The molecule has 1 heterocycles. The highest BCUT2D eigenvalue weighted by atomic mass is 32.1. The molecule has 0 spiro atoms. The van der Waals surface area contributed by atoms with Gasteiger partial charge in [-0.25, -0.2) is 4.98 Å². The normalized spacial score (nSPS) is 23.1. The Morgan fingerprint density at radius 1 is 1.31 bits per heavy atom. The number of hydrogen-bond donors (Lipinski definition) is 1. The third kappa shape index (κ3) is 1.95. The highest BCUT2D eigenvalue weighted by Gasteiger charge is 2.38. The van der Waals surface area contributed by atoms with E-state index in [2.05, 4.69) is 46.0 Å². The Morgan fingerprint density at radius 2 is 2.12 bits per heavy atom. The molecule has 3 rings (SSSR count). The van der Waals surface area contributed by atoms with Crippen LogP contribution in [-0.2, 0) is 0 Å². The first-order chi connectivity index (χ1) is 7.83. The Labute approximate surface area is 99.4 Å². The van der Waals surface area contributed by atoms with Gasteiger partial charge in [-0.2, -0.15) is 0 Å². The van der Waals surface area contributed by atoms with E-state index in [1.807, 2.05) is 6.92 Å². The zero-order valence-corrected chi connectivity index (χ0v) is 10.00. The molecular weight excluding hydrogens is 216 g/mol. The molecule has 3 heteroatoms. The molecule has 2 nitrogen and oxygen atoms in total. The molecule has 82 valence electrons. The van der Waals surface area contributed by atoms with Crippen LogP contribution in [0.25, 0.3) is 0 Å². The quantitative estimate of drug-likeness (QED) is 0.874. The molecule has 1 aliphatic carbocycles. The van der Waals surface area contributed by atoms with Gasteiger partial charge in [0.15, 0.2) is 5.13 Å². The first kappa shape index (κ1) is 9.85. The monoisotopic (exact) mass is 230 g/mol. The van der Waals surface area contributed by atoms with Crippen molar-refractivity contribution in [3.8, 4) is 0 Å². The van der Waals surface area contributed by atoms with E-state index >= 15 is 0 Å². The molecule has 1 N–H and O–H groups in total. The number of aryl methyl sites for hydroxylation is 1. The number of rotatable bonds is 3. The summed E-state index contributed by atoms with van der Waals surface area (Å²) < 4.78 is 0. The summed E-state index contributed by atoms with van der Waals surface area (Å²) in [5, 5.41) is 6.63. The van der Waals surface area contributed by atoms with E-state index in [1.54, 1.807) is 11.3 Å². The predicted molar refractivity (Wildman–Crippen MR) is 68.1 cm³/mol. The number of anilines is 1. The predicted octanol–water partition coefficient (Wildman–Crippen LogP) is 3.42. The number of nitrogens with one attached hydrogen (secondary N) is 1. The van der Waals surface area contributed by atoms with Crippen LogP contribution in [-0.4, -0.2) is 11.0 Å². The van der Waals surface area contributed by atoms with Gasteiger partial charge in [0, 0.05) is 17.3 Å². The third-order valence-corrected chi connectivity index (χ3v) is 3.84. The van der Waals surface area contributed by atoms with Crippen LogP contribution in [0.2, 0.25) is 0 Å². The standard InChI is InChI=1S/C13H14N2S/c1-9-8-16-13(14-9)15-12-7-11(12)10-5-3-2-4-6-10/h2-6,8,11-12H,7H2,1H3,(H,14,15). The molecule has 2 atom stereocenters. The maximum Gasteiger partial charge on any atom is 0.183 e. The average molecular weight is 230 g/mol. The maximum absolute atomic E-state index is 4.43. The van der Waals surface area contributed by atoms with Gasteiger partial charge in [-0.1, -0.05) is 30.3 Å². The summed E-state index contributed by atoms with van der Waals surface area (Å²) in [6.45, 7) is 2.03. The molecule has 1 aromatic heterocycles. The number of thiazole rings is 1. The van der Waals surface area contributed by atoms with Gasteiger partial charge in [-0.05, 0) is 18.9 Å². The van der Waals surface area contributed by atoms with Gasteiger partial charge in [0.2, 0.25) is 0 Å². The molecule has 2 aromatic rings. The maximum atomic E-state index is 4.43. The zero-order valence-electron chi connectivity index (χ0n) is 9.18. The summed E-state index contributed by atoms with van der Waals surface area (Å²) in [5.74, 6) is 0.672. The summed E-state index contributed by atoms with van der Waals surface area (Å²) in [5.41, 5.74) is 2.54. The Kier molecular flexibility index (Phi) is 2.40. The summed E-state index contributed by atoms with van der Waals surface area (Å²) in [7, 11) is 0. The van der Waals surface area contributed by atoms with Crippen molar-refractivity contribution >= 4 is 16.5 Å². The fourth-order valence-electron chi connectivity index (χ4n) is 2.00. The van der Waals surface area contributed by atoms with Gasteiger partial charge in [0.1, 0.15) is 0 Å². The number of benzene rings is 1. The van der Waals surface area contributed by atoms with E-state index in [4.69, 9.17) is 0 Å².